The van der Waals surface area contributed by atoms with Gasteiger partial charge in [-0.15, -0.1) is 0 Å². The Hall–Kier alpha value is -3.20. The van der Waals surface area contributed by atoms with Crippen molar-refractivity contribution in [1.82, 2.24) is 10.2 Å². The van der Waals surface area contributed by atoms with Gasteiger partial charge in [0, 0.05) is 18.7 Å². The molecule has 0 bridgehead atoms. The fourth-order valence-electron chi connectivity index (χ4n) is 3.52. The Morgan fingerprint density at radius 1 is 0.971 bits per heavy atom. The van der Waals surface area contributed by atoms with Crippen LogP contribution in [0.15, 0.2) is 54.6 Å². The molecule has 2 amide bonds. The molecule has 8 nitrogen and oxygen atoms in total. The maximum atomic E-state index is 13.5. The van der Waals surface area contributed by atoms with Gasteiger partial charge in [0.15, 0.2) is 5.78 Å². The van der Waals surface area contributed by atoms with Gasteiger partial charge >= 0.3 is 0 Å². The molecule has 190 valence electrons. The minimum atomic E-state index is -3.85. The van der Waals surface area contributed by atoms with Gasteiger partial charge < -0.3 is 10.2 Å². The zero-order valence-electron chi connectivity index (χ0n) is 21.0. The maximum absolute atomic E-state index is 13.5. The van der Waals surface area contributed by atoms with Crippen molar-refractivity contribution in [2.24, 2.45) is 5.92 Å². The highest BCUT2D eigenvalue weighted by Gasteiger charge is 2.30. The van der Waals surface area contributed by atoms with Crippen LogP contribution in [0.1, 0.15) is 43.6 Å². The van der Waals surface area contributed by atoms with Crippen molar-refractivity contribution >= 4 is 33.3 Å². The van der Waals surface area contributed by atoms with Gasteiger partial charge in [-0.05, 0) is 43.9 Å². The van der Waals surface area contributed by atoms with Crippen LogP contribution in [0.3, 0.4) is 0 Å². The lowest BCUT2D eigenvalue weighted by molar-refractivity contribution is -0.138. The Morgan fingerprint density at radius 2 is 1.63 bits per heavy atom. The van der Waals surface area contributed by atoms with Crippen LogP contribution in [0.4, 0.5) is 5.69 Å². The highest BCUT2D eigenvalue weighted by atomic mass is 32.2. The van der Waals surface area contributed by atoms with E-state index in [0.717, 1.165) is 16.1 Å². The van der Waals surface area contributed by atoms with Crippen molar-refractivity contribution in [3.05, 3.63) is 65.7 Å². The third-order valence-corrected chi connectivity index (χ3v) is 6.70. The predicted molar refractivity (Wildman–Crippen MR) is 138 cm³/mol. The molecule has 0 aliphatic rings. The average Bonchev–Trinajstić information content (AvgIpc) is 2.80. The van der Waals surface area contributed by atoms with Gasteiger partial charge in [-0.1, -0.05) is 56.3 Å². The number of rotatable bonds is 12. The van der Waals surface area contributed by atoms with Crippen LogP contribution in [-0.2, 0) is 26.0 Å². The molecule has 1 N–H and O–H groups in total. The Morgan fingerprint density at radius 3 is 2.20 bits per heavy atom. The number of hydrogen-bond donors (Lipinski definition) is 1. The van der Waals surface area contributed by atoms with E-state index in [0.29, 0.717) is 18.5 Å². The number of carbonyl (C=O) groups is 3. The average molecular weight is 502 g/mol. The van der Waals surface area contributed by atoms with Crippen LogP contribution in [0.2, 0.25) is 0 Å². The Bertz CT molecular complexity index is 1130. The summed E-state index contributed by atoms with van der Waals surface area (Å²) in [6.45, 7) is 7.19. The Kier molecular flexibility index (Phi) is 10.0. The van der Waals surface area contributed by atoms with Crippen molar-refractivity contribution in [2.75, 3.05) is 30.2 Å². The van der Waals surface area contributed by atoms with Crippen molar-refractivity contribution in [2.45, 2.75) is 40.2 Å². The second kappa shape index (κ2) is 12.5. The van der Waals surface area contributed by atoms with Gasteiger partial charge in [0.2, 0.25) is 21.8 Å². The third kappa shape index (κ3) is 8.51. The molecule has 2 rings (SSSR count). The summed E-state index contributed by atoms with van der Waals surface area (Å²) in [5.41, 5.74) is 1.55. The number of hydrogen-bond acceptors (Lipinski definition) is 5. The van der Waals surface area contributed by atoms with Crippen molar-refractivity contribution in [1.29, 1.82) is 0 Å². The topological polar surface area (TPSA) is 104 Å². The maximum Gasteiger partial charge on any atom is 0.244 e. The van der Waals surface area contributed by atoms with Crippen LogP contribution in [0.5, 0.6) is 0 Å². The zero-order valence-corrected chi connectivity index (χ0v) is 21.8. The number of sulfonamides is 1. The smallest absolute Gasteiger partial charge is 0.244 e. The summed E-state index contributed by atoms with van der Waals surface area (Å²) in [4.78, 5) is 39.5. The monoisotopic (exact) mass is 501 g/mol. The molecule has 0 spiro atoms. The van der Waals surface area contributed by atoms with E-state index in [-0.39, 0.29) is 29.8 Å². The van der Waals surface area contributed by atoms with E-state index in [9.17, 15) is 22.8 Å². The molecule has 1 atom stereocenters. The molecule has 9 heteroatoms. The first-order valence-electron chi connectivity index (χ1n) is 11.6. The SMILES string of the molecule is CC(=O)c1cccc(N(CC(=O)N(CCc2ccccc2)C(C)C(=O)NCC(C)C)S(C)(=O)=O)c1. The number of benzene rings is 2. The minimum Gasteiger partial charge on any atom is -0.354 e. The molecule has 2 aromatic carbocycles. The van der Waals surface area contributed by atoms with Crippen molar-refractivity contribution in [3.8, 4) is 0 Å². The van der Waals surface area contributed by atoms with Crippen LogP contribution >= 0.6 is 0 Å². The molecule has 0 fully saturated rings. The molecular weight excluding hydrogens is 466 g/mol. The number of ketones is 1. The summed E-state index contributed by atoms with van der Waals surface area (Å²) >= 11 is 0. The lowest BCUT2D eigenvalue weighted by Crippen LogP contribution is -2.52. The zero-order chi connectivity index (χ0) is 26.2. The number of amides is 2. The van der Waals surface area contributed by atoms with Gasteiger partial charge in [0.25, 0.3) is 0 Å². The van der Waals surface area contributed by atoms with Gasteiger partial charge in [0.05, 0.1) is 11.9 Å². The van der Waals surface area contributed by atoms with E-state index in [1.54, 1.807) is 19.1 Å². The summed E-state index contributed by atoms with van der Waals surface area (Å²) in [7, 11) is -3.85. The molecule has 0 aromatic heterocycles. The summed E-state index contributed by atoms with van der Waals surface area (Å²) in [5.74, 6) is -0.781. The van der Waals surface area contributed by atoms with Crippen LogP contribution in [0, 0.1) is 5.92 Å². The minimum absolute atomic E-state index is 0.216. The first-order chi connectivity index (χ1) is 16.4. The molecule has 1 unspecified atom stereocenters. The van der Waals surface area contributed by atoms with Crippen molar-refractivity contribution < 1.29 is 22.8 Å². The highest BCUT2D eigenvalue weighted by Crippen LogP contribution is 2.20. The standard InChI is InChI=1S/C26H35N3O5S/c1-19(2)17-27-26(32)20(3)28(15-14-22-10-7-6-8-11-22)25(31)18-29(35(5,33)34)24-13-9-12-23(16-24)21(4)30/h6-13,16,19-20H,14-15,17-18H2,1-5H3,(H,27,32). The summed E-state index contributed by atoms with van der Waals surface area (Å²) < 4.78 is 26.2. The number of nitrogens with one attached hydrogen (secondary N) is 1. The predicted octanol–water partition coefficient (Wildman–Crippen LogP) is 2.89. The van der Waals surface area contributed by atoms with Gasteiger partial charge in [0.1, 0.15) is 12.6 Å². The summed E-state index contributed by atoms with van der Waals surface area (Å²) in [5, 5.41) is 2.85. The van der Waals surface area contributed by atoms with E-state index >= 15 is 0 Å². The molecule has 35 heavy (non-hydrogen) atoms. The molecule has 0 radical (unpaired) electrons. The third-order valence-electron chi connectivity index (χ3n) is 5.56. The van der Waals surface area contributed by atoms with Gasteiger partial charge in [-0.25, -0.2) is 8.42 Å². The number of carbonyl (C=O) groups excluding carboxylic acids is 3. The van der Waals surface area contributed by atoms with Gasteiger partial charge in [-0.3, -0.25) is 18.7 Å². The van der Waals surface area contributed by atoms with Crippen LogP contribution in [-0.4, -0.2) is 62.8 Å². The second-order valence-electron chi connectivity index (χ2n) is 9.01. The molecule has 2 aromatic rings. The lowest BCUT2D eigenvalue weighted by atomic mass is 10.1. The van der Waals surface area contributed by atoms with E-state index in [4.69, 9.17) is 0 Å². The number of Topliss-reactive ketones (excluding diaryl/α,β-unsaturated/α-hetero) is 1. The molecule has 0 aliphatic heterocycles. The molecule has 0 aliphatic carbocycles. The summed E-state index contributed by atoms with van der Waals surface area (Å²) in [6.07, 6.45) is 1.51. The van der Waals surface area contributed by atoms with Crippen LogP contribution in [0.25, 0.3) is 0 Å². The fourth-order valence-corrected chi connectivity index (χ4v) is 4.36. The van der Waals surface area contributed by atoms with E-state index in [1.807, 2.05) is 44.2 Å². The lowest BCUT2D eigenvalue weighted by Gasteiger charge is -2.31. The Labute approximate surface area is 208 Å². The second-order valence-corrected chi connectivity index (χ2v) is 10.9. The largest absolute Gasteiger partial charge is 0.354 e. The fraction of sp³-hybridized carbons (Fsp3) is 0.423. The van der Waals surface area contributed by atoms with Gasteiger partial charge in [-0.2, -0.15) is 0 Å². The molecular formula is C26H35N3O5S. The molecule has 0 saturated carbocycles. The Balaban J connectivity index is 2.33. The van der Waals surface area contributed by atoms with E-state index in [1.165, 1.54) is 24.0 Å². The first kappa shape index (κ1) is 28.0. The van der Waals surface area contributed by atoms with Crippen molar-refractivity contribution in [3.63, 3.8) is 0 Å². The van der Waals surface area contributed by atoms with E-state index < -0.39 is 28.5 Å². The molecule has 0 heterocycles. The highest BCUT2D eigenvalue weighted by molar-refractivity contribution is 7.92. The summed E-state index contributed by atoms with van der Waals surface area (Å²) in [6, 6.07) is 14.9. The first-order valence-corrected chi connectivity index (χ1v) is 13.4. The quantitative estimate of drug-likeness (QED) is 0.451. The molecule has 0 saturated heterocycles. The number of nitrogens with zero attached hydrogens (tertiary/aromatic N) is 2. The normalized spacial score (nSPS) is 12.2. The van der Waals surface area contributed by atoms with E-state index in [2.05, 4.69) is 5.32 Å². The number of anilines is 1. The van der Waals surface area contributed by atoms with Crippen LogP contribution < -0.4 is 9.62 Å².